The minimum Gasteiger partial charge on any atom is -0.384 e. The van der Waals surface area contributed by atoms with Crippen LogP contribution >= 0.6 is 0 Å². The van der Waals surface area contributed by atoms with E-state index in [0.29, 0.717) is 11.5 Å². The van der Waals surface area contributed by atoms with Crippen LogP contribution in [0.2, 0.25) is 0 Å². The molecule has 1 saturated carbocycles. The van der Waals surface area contributed by atoms with E-state index in [4.69, 9.17) is 4.74 Å². The average Bonchev–Trinajstić information content (AvgIpc) is 2.17. The molecular weight excluding hydrogens is 186 g/mol. The van der Waals surface area contributed by atoms with Crippen LogP contribution in [-0.4, -0.2) is 26.8 Å². The molecular formula is C13H27NO. The van der Waals surface area contributed by atoms with Crippen LogP contribution in [0, 0.1) is 17.3 Å². The Kier molecular flexibility index (Phi) is 4.60. The molecule has 2 heteroatoms. The zero-order valence-corrected chi connectivity index (χ0v) is 11.0. The first-order valence-electron chi connectivity index (χ1n) is 6.17. The summed E-state index contributed by atoms with van der Waals surface area (Å²) in [4.78, 5) is 0. The maximum atomic E-state index is 5.35. The Balaban J connectivity index is 2.66. The second kappa shape index (κ2) is 5.31. The van der Waals surface area contributed by atoms with Crippen LogP contribution in [-0.2, 0) is 4.74 Å². The standard InChI is InChI=1S/C13H27NO/c1-10-6-7-11(12(8-10)14-4)13(2,3)9-15-5/h10-12,14H,6-9H2,1-5H3. The van der Waals surface area contributed by atoms with Gasteiger partial charge < -0.3 is 10.1 Å². The summed E-state index contributed by atoms with van der Waals surface area (Å²) >= 11 is 0. The molecule has 1 aliphatic carbocycles. The number of hydrogen-bond acceptors (Lipinski definition) is 2. The van der Waals surface area contributed by atoms with Crippen molar-refractivity contribution in [1.29, 1.82) is 0 Å². The highest BCUT2D eigenvalue weighted by molar-refractivity contribution is 4.91. The fourth-order valence-electron chi connectivity index (χ4n) is 3.11. The number of hydrogen-bond donors (Lipinski definition) is 1. The lowest BCUT2D eigenvalue weighted by Gasteiger charge is -2.43. The monoisotopic (exact) mass is 213 g/mol. The lowest BCUT2D eigenvalue weighted by molar-refractivity contribution is 0.0206. The quantitative estimate of drug-likeness (QED) is 0.775. The van der Waals surface area contributed by atoms with Crippen LogP contribution in [0.1, 0.15) is 40.0 Å². The highest BCUT2D eigenvalue weighted by Gasteiger charge is 2.38. The number of ether oxygens (including phenoxy) is 1. The SMILES string of the molecule is CNC1CC(C)CCC1C(C)(C)COC. The van der Waals surface area contributed by atoms with Gasteiger partial charge in [-0.2, -0.15) is 0 Å². The first-order chi connectivity index (χ1) is 7.01. The molecule has 1 rings (SSSR count). The summed E-state index contributed by atoms with van der Waals surface area (Å²) in [6, 6.07) is 0.666. The van der Waals surface area contributed by atoms with E-state index >= 15 is 0 Å². The van der Waals surface area contributed by atoms with Crippen LogP contribution in [0.15, 0.2) is 0 Å². The lowest BCUT2D eigenvalue weighted by Crippen LogP contribution is -2.46. The zero-order chi connectivity index (χ0) is 11.5. The average molecular weight is 213 g/mol. The first-order valence-corrected chi connectivity index (χ1v) is 6.17. The largest absolute Gasteiger partial charge is 0.384 e. The van der Waals surface area contributed by atoms with E-state index < -0.39 is 0 Å². The summed E-state index contributed by atoms with van der Waals surface area (Å²) in [5.41, 5.74) is 0.294. The summed E-state index contributed by atoms with van der Waals surface area (Å²) in [5.74, 6) is 1.62. The topological polar surface area (TPSA) is 21.3 Å². The van der Waals surface area contributed by atoms with Gasteiger partial charge in [-0.1, -0.05) is 27.2 Å². The Morgan fingerprint density at radius 2 is 2.00 bits per heavy atom. The minimum absolute atomic E-state index is 0.294. The van der Waals surface area contributed by atoms with Gasteiger partial charge in [-0.25, -0.2) is 0 Å². The van der Waals surface area contributed by atoms with Gasteiger partial charge in [-0.3, -0.25) is 0 Å². The molecule has 3 atom stereocenters. The van der Waals surface area contributed by atoms with Crippen molar-refractivity contribution in [1.82, 2.24) is 5.32 Å². The van der Waals surface area contributed by atoms with Crippen molar-refractivity contribution in [3.05, 3.63) is 0 Å². The van der Waals surface area contributed by atoms with Crippen LogP contribution in [0.5, 0.6) is 0 Å². The molecule has 0 heterocycles. The molecule has 0 aromatic carbocycles. The third-order valence-corrected chi connectivity index (χ3v) is 4.00. The summed E-state index contributed by atoms with van der Waals surface area (Å²) in [6.07, 6.45) is 4.02. The smallest absolute Gasteiger partial charge is 0.0516 e. The van der Waals surface area contributed by atoms with Crippen molar-refractivity contribution in [3.8, 4) is 0 Å². The normalized spacial score (nSPS) is 33.0. The lowest BCUT2D eigenvalue weighted by atomic mass is 9.66. The molecule has 0 radical (unpaired) electrons. The van der Waals surface area contributed by atoms with Gasteiger partial charge in [0, 0.05) is 13.2 Å². The van der Waals surface area contributed by atoms with Crippen molar-refractivity contribution in [3.63, 3.8) is 0 Å². The minimum atomic E-state index is 0.294. The Hall–Kier alpha value is -0.0800. The van der Waals surface area contributed by atoms with E-state index in [1.54, 1.807) is 0 Å². The predicted octanol–water partition coefficient (Wildman–Crippen LogP) is 2.68. The molecule has 1 aliphatic rings. The molecule has 1 N–H and O–H groups in total. The van der Waals surface area contributed by atoms with Crippen molar-refractivity contribution >= 4 is 0 Å². The maximum absolute atomic E-state index is 5.35. The van der Waals surface area contributed by atoms with Gasteiger partial charge in [0.25, 0.3) is 0 Å². The van der Waals surface area contributed by atoms with Gasteiger partial charge in [0.15, 0.2) is 0 Å². The first kappa shape index (κ1) is 13.0. The Labute approximate surface area is 94.8 Å². The maximum Gasteiger partial charge on any atom is 0.0516 e. The Bertz CT molecular complexity index is 191. The van der Waals surface area contributed by atoms with Gasteiger partial charge in [-0.15, -0.1) is 0 Å². The van der Waals surface area contributed by atoms with Crippen molar-refractivity contribution in [2.75, 3.05) is 20.8 Å². The molecule has 1 fully saturated rings. The van der Waals surface area contributed by atoms with Crippen molar-refractivity contribution in [2.45, 2.75) is 46.1 Å². The van der Waals surface area contributed by atoms with E-state index in [-0.39, 0.29) is 0 Å². The molecule has 0 saturated heterocycles. The van der Waals surface area contributed by atoms with Gasteiger partial charge in [-0.05, 0) is 37.1 Å². The van der Waals surface area contributed by atoms with Crippen LogP contribution in [0.25, 0.3) is 0 Å². The van der Waals surface area contributed by atoms with Crippen molar-refractivity contribution in [2.24, 2.45) is 17.3 Å². The number of nitrogens with one attached hydrogen (secondary N) is 1. The second-order valence-electron chi connectivity index (χ2n) is 5.84. The van der Waals surface area contributed by atoms with E-state index in [9.17, 15) is 0 Å². The van der Waals surface area contributed by atoms with Crippen molar-refractivity contribution < 1.29 is 4.74 Å². The molecule has 0 amide bonds. The third kappa shape index (κ3) is 3.18. The molecule has 90 valence electrons. The molecule has 15 heavy (non-hydrogen) atoms. The van der Waals surface area contributed by atoms with Gasteiger partial charge in [0.1, 0.15) is 0 Å². The third-order valence-electron chi connectivity index (χ3n) is 4.00. The van der Waals surface area contributed by atoms with E-state index in [1.807, 2.05) is 7.11 Å². The molecule has 0 aromatic heterocycles. The van der Waals surface area contributed by atoms with E-state index in [1.165, 1.54) is 19.3 Å². The predicted molar refractivity (Wildman–Crippen MR) is 65.0 cm³/mol. The summed E-state index contributed by atoms with van der Waals surface area (Å²) < 4.78 is 5.35. The van der Waals surface area contributed by atoms with Crippen LogP contribution < -0.4 is 5.32 Å². The molecule has 0 spiro atoms. The van der Waals surface area contributed by atoms with E-state index in [0.717, 1.165) is 18.4 Å². The van der Waals surface area contributed by atoms with Crippen LogP contribution in [0.3, 0.4) is 0 Å². The summed E-state index contributed by atoms with van der Waals surface area (Å²) in [6.45, 7) is 7.90. The molecule has 0 aliphatic heterocycles. The fraction of sp³-hybridized carbons (Fsp3) is 1.00. The number of methoxy groups -OCH3 is 1. The van der Waals surface area contributed by atoms with Gasteiger partial charge in [0.05, 0.1) is 6.61 Å². The van der Waals surface area contributed by atoms with E-state index in [2.05, 4.69) is 33.1 Å². The molecule has 2 nitrogen and oxygen atoms in total. The highest BCUT2D eigenvalue weighted by atomic mass is 16.5. The summed E-state index contributed by atoms with van der Waals surface area (Å²) in [5, 5.41) is 3.49. The zero-order valence-electron chi connectivity index (χ0n) is 11.0. The second-order valence-corrected chi connectivity index (χ2v) is 5.84. The molecule has 0 aromatic rings. The highest BCUT2D eigenvalue weighted by Crippen LogP contribution is 2.40. The van der Waals surface area contributed by atoms with Crippen LogP contribution in [0.4, 0.5) is 0 Å². The van der Waals surface area contributed by atoms with Gasteiger partial charge in [0.2, 0.25) is 0 Å². The number of rotatable bonds is 4. The fourth-order valence-corrected chi connectivity index (χ4v) is 3.11. The van der Waals surface area contributed by atoms with Gasteiger partial charge >= 0.3 is 0 Å². The molecule has 3 unspecified atom stereocenters. The molecule has 0 bridgehead atoms. The summed E-state index contributed by atoms with van der Waals surface area (Å²) in [7, 11) is 3.90. The Morgan fingerprint density at radius 3 is 2.53 bits per heavy atom. The Morgan fingerprint density at radius 1 is 1.33 bits per heavy atom.